The van der Waals surface area contributed by atoms with Crippen LogP contribution in [0.25, 0.3) is 0 Å². The maximum absolute atomic E-state index is 11.3. The summed E-state index contributed by atoms with van der Waals surface area (Å²) in [6.07, 6.45) is 9.24. The molecule has 1 aromatic rings. The van der Waals surface area contributed by atoms with Crippen LogP contribution in [0.1, 0.15) is 56.9 Å². The van der Waals surface area contributed by atoms with Gasteiger partial charge in [0.15, 0.2) is 0 Å². The summed E-state index contributed by atoms with van der Waals surface area (Å²) < 4.78 is 11.0. The van der Waals surface area contributed by atoms with Crippen LogP contribution in [0.3, 0.4) is 0 Å². The van der Waals surface area contributed by atoms with Gasteiger partial charge in [0.05, 0.1) is 25.4 Å². The molecule has 2 aliphatic rings. The number of aliphatic hydroxyl groups is 1. The van der Waals surface area contributed by atoms with Gasteiger partial charge in [0.1, 0.15) is 11.5 Å². The second kappa shape index (κ2) is 5.53. The fraction of sp³-hybridized carbons (Fsp3) is 0.667. The fourth-order valence-electron chi connectivity index (χ4n) is 4.38. The molecule has 3 nitrogen and oxygen atoms in total. The van der Waals surface area contributed by atoms with Gasteiger partial charge < -0.3 is 14.6 Å². The van der Waals surface area contributed by atoms with E-state index in [1.807, 2.05) is 18.2 Å². The highest BCUT2D eigenvalue weighted by Crippen LogP contribution is 2.55. The molecular weight excluding hydrogens is 264 g/mol. The van der Waals surface area contributed by atoms with Crippen LogP contribution < -0.4 is 9.47 Å². The summed E-state index contributed by atoms with van der Waals surface area (Å²) >= 11 is 0. The molecule has 0 radical (unpaired) electrons. The summed E-state index contributed by atoms with van der Waals surface area (Å²) in [5.74, 6) is 1.47. The predicted molar refractivity (Wildman–Crippen MR) is 82.8 cm³/mol. The van der Waals surface area contributed by atoms with E-state index in [1.165, 1.54) is 25.7 Å². The van der Waals surface area contributed by atoms with Gasteiger partial charge in [-0.15, -0.1) is 0 Å². The molecule has 0 atom stereocenters. The van der Waals surface area contributed by atoms with Crippen molar-refractivity contribution in [2.75, 3.05) is 14.2 Å². The summed E-state index contributed by atoms with van der Waals surface area (Å²) in [4.78, 5) is 0. The maximum atomic E-state index is 11.3. The first kappa shape index (κ1) is 14.7. The van der Waals surface area contributed by atoms with Crippen LogP contribution in [0.5, 0.6) is 11.5 Å². The molecule has 0 aliphatic heterocycles. The van der Waals surface area contributed by atoms with Crippen LogP contribution in [0.4, 0.5) is 0 Å². The Morgan fingerprint density at radius 2 is 1.38 bits per heavy atom. The molecule has 0 amide bonds. The summed E-state index contributed by atoms with van der Waals surface area (Å²) in [5.41, 5.74) is 0.524. The molecule has 1 N–H and O–H groups in total. The number of hydrogen-bond donors (Lipinski definition) is 1. The van der Waals surface area contributed by atoms with E-state index in [0.29, 0.717) is 5.41 Å². The van der Waals surface area contributed by atoms with Gasteiger partial charge in [-0.3, -0.25) is 0 Å². The van der Waals surface area contributed by atoms with E-state index in [0.717, 1.165) is 42.7 Å². The molecule has 1 aromatic carbocycles. The molecule has 0 aromatic heterocycles. The van der Waals surface area contributed by atoms with Crippen molar-refractivity contribution in [3.05, 3.63) is 23.8 Å². The lowest BCUT2D eigenvalue weighted by atomic mass is 9.66. The molecule has 3 rings (SSSR count). The molecule has 0 bridgehead atoms. The molecule has 116 valence electrons. The second-order valence-corrected chi connectivity index (χ2v) is 6.78. The Hall–Kier alpha value is -1.22. The van der Waals surface area contributed by atoms with Gasteiger partial charge in [-0.05, 0) is 56.1 Å². The Balaban J connectivity index is 1.90. The highest BCUT2D eigenvalue weighted by atomic mass is 16.5. The van der Waals surface area contributed by atoms with E-state index in [2.05, 4.69) is 0 Å². The number of rotatable bonds is 3. The molecular formula is C18H26O3. The first-order valence-corrected chi connectivity index (χ1v) is 8.06. The van der Waals surface area contributed by atoms with Crippen molar-refractivity contribution in [2.24, 2.45) is 5.41 Å². The largest absolute Gasteiger partial charge is 0.496 e. The zero-order chi connectivity index (χ0) is 14.9. The van der Waals surface area contributed by atoms with Crippen LogP contribution in [0, 0.1) is 5.41 Å². The standard InChI is InChI=1S/C18H26O3/c1-20-14-6-5-7-15(21-2)16(14)18(19)12-10-17(11-13-18)8-3-4-9-17/h5-7,19H,3-4,8-13H2,1-2H3. The van der Waals surface area contributed by atoms with Crippen LogP contribution in [-0.2, 0) is 5.60 Å². The Kier molecular flexibility index (Phi) is 3.87. The average Bonchev–Trinajstić information content (AvgIpc) is 2.98. The van der Waals surface area contributed by atoms with Crippen molar-refractivity contribution >= 4 is 0 Å². The zero-order valence-corrected chi connectivity index (χ0v) is 13.2. The van der Waals surface area contributed by atoms with Gasteiger partial charge in [-0.25, -0.2) is 0 Å². The Labute approximate surface area is 127 Å². The summed E-state index contributed by atoms with van der Waals surface area (Å²) in [7, 11) is 3.31. The third-order valence-electron chi connectivity index (χ3n) is 5.70. The predicted octanol–water partition coefficient (Wildman–Crippen LogP) is 4.03. The Bertz CT molecular complexity index is 471. The van der Waals surface area contributed by atoms with E-state index in [-0.39, 0.29) is 0 Å². The first-order valence-electron chi connectivity index (χ1n) is 8.06. The molecule has 2 aliphatic carbocycles. The van der Waals surface area contributed by atoms with E-state index in [9.17, 15) is 5.11 Å². The topological polar surface area (TPSA) is 38.7 Å². The minimum Gasteiger partial charge on any atom is -0.496 e. The van der Waals surface area contributed by atoms with Crippen LogP contribution in [0.15, 0.2) is 18.2 Å². The molecule has 21 heavy (non-hydrogen) atoms. The van der Waals surface area contributed by atoms with Crippen molar-refractivity contribution in [3.8, 4) is 11.5 Å². The van der Waals surface area contributed by atoms with Crippen LogP contribution >= 0.6 is 0 Å². The van der Waals surface area contributed by atoms with Gasteiger partial charge >= 0.3 is 0 Å². The summed E-state index contributed by atoms with van der Waals surface area (Å²) in [5, 5.41) is 11.3. The Morgan fingerprint density at radius 3 is 1.86 bits per heavy atom. The zero-order valence-electron chi connectivity index (χ0n) is 13.2. The molecule has 0 saturated heterocycles. The number of ether oxygens (including phenoxy) is 2. The van der Waals surface area contributed by atoms with Gasteiger partial charge in [-0.1, -0.05) is 18.9 Å². The first-order chi connectivity index (χ1) is 10.1. The molecule has 3 heteroatoms. The highest BCUT2D eigenvalue weighted by molar-refractivity contribution is 5.49. The lowest BCUT2D eigenvalue weighted by Gasteiger charge is -2.43. The molecule has 1 spiro atoms. The smallest absolute Gasteiger partial charge is 0.128 e. The quantitative estimate of drug-likeness (QED) is 0.913. The lowest BCUT2D eigenvalue weighted by molar-refractivity contribution is -0.0404. The van der Waals surface area contributed by atoms with Crippen molar-refractivity contribution in [2.45, 2.75) is 57.0 Å². The number of benzene rings is 1. The van der Waals surface area contributed by atoms with E-state index >= 15 is 0 Å². The van der Waals surface area contributed by atoms with Crippen molar-refractivity contribution in [3.63, 3.8) is 0 Å². The average molecular weight is 290 g/mol. The van der Waals surface area contributed by atoms with Gasteiger partial charge in [0.25, 0.3) is 0 Å². The molecule has 0 heterocycles. The molecule has 2 fully saturated rings. The summed E-state index contributed by atoms with van der Waals surface area (Å²) in [6.45, 7) is 0. The van der Waals surface area contributed by atoms with E-state index < -0.39 is 5.60 Å². The lowest BCUT2D eigenvalue weighted by Crippen LogP contribution is -2.36. The van der Waals surface area contributed by atoms with E-state index in [1.54, 1.807) is 14.2 Å². The molecule has 0 unspecified atom stereocenters. The third-order valence-corrected chi connectivity index (χ3v) is 5.70. The minimum atomic E-state index is -0.814. The highest BCUT2D eigenvalue weighted by Gasteiger charge is 2.45. The van der Waals surface area contributed by atoms with Gasteiger partial charge in [0.2, 0.25) is 0 Å². The minimum absolute atomic E-state index is 0.501. The SMILES string of the molecule is COc1cccc(OC)c1C1(O)CCC2(CCCC2)CC1. The molecule has 2 saturated carbocycles. The monoisotopic (exact) mass is 290 g/mol. The van der Waals surface area contributed by atoms with Crippen molar-refractivity contribution in [1.29, 1.82) is 0 Å². The van der Waals surface area contributed by atoms with Crippen molar-refractivity contribution < 1.29 is 14.6 Å². The van der Waals surface area contributed by atoms with Crippen LogP contribution in [-0.4, -0.2) is 19.3 Å². The third kappa shape index (κ3) is 2.52. The summed E-state index contributed by atoms with van der Waals surface area (Å²) in [6, 6.07) is 5.73. The maximum Gasteiger partial charge on any atom is 0.128 e. The fourth-order valence-corrected chi connectivity index (χ4v) is 4.38. The Morgan fingerprint density at radius 1 is 0.857 bits per heavy atom. The van der Waals surface area contributed by atoms with Crippen molar-refractivity contribution in [1.82, 2.24) is 0 Å². The second-order valence-electron chi connectivity index (χ2n) is 6.78. The van der Waals surface area contributed by atoms with E-state index in [4.69, 9.17) is 9.47 Å². The van der Waals surface area contributed by atoms with Gasteiger partial charge in [0, 0.05) is 0 Å². The normalized spacial score (nSPS) is 23.2. The van der Waals surface area contributed by atoms with Gasteiger partial charge in [-0.2, -0.15) is 0 Å². The number of methoxy groups -OCH3 is 2. The number of hydrogen-bond acceptors (Lipinski definition) is 3. The van der Waals surface area contributed by atoms with Crippen LogP contribution in [0.2, 0.25) is 0 Å².